The van der Waals surface area contributed by atoms with E-state index in [0.717, 1.165) is 0 Å². The summed E-state index contributed by atoms with van der Waals surface area (Å²) in [5, 5.41) is 12.0. The summed E-state index contributed by atoms with van der Waals surface area (Å²) in [7, 11) is 0.104. The first-order valence-corrected chi connectivity index (χ1v) is 13.2. The van der Waals surface area contributed by atoms with Crippen molar-refractivity contribution in [3.8, 4) is 23.0 Å². The lowest BCUT2D eigenvalue weighted by Crippen LogP contribution is -2.07. The van der Waals surface area contributed by atoms with Crippen molar-refractivity contribution in [3.05, 3.63) is 90.8 Å². The van der Waals surface area contributed by atoms with Crippen LogP contribution in [0.25, 0.3) is 23.0 Å². The number of aromatic nitrogens is 8. The lowest BCUT2D eigenvalue weighted by atomic mass is 10.3. The maximum Gasteiger partial charge on any atom is 0.453 e. The Bertz CT molecular complexity index is 1320. The zero-order chi connectivity index (χ0) is 28.5. The van der Waals surface area contributed by atoms with Crippen molar-refractivity contribution in [1.82, 2.24) is 40.3 Å². The van der Waals surface area contributed by atoms with Crippen LogP contribution < -0.4 is 5.30 Å². The van der Waals surface area contributed by atoms with Gasteiger partial charge in [0.05, 0.1) is 0 Å². The average Bonchev–Trinajstić information content (AvgIpc) is 3.62. The third kappa shape index (κ3) is 8.95. The molecule has 0 aliphatic rings. The Balaban J connectivity index is 0.000000167. The van der Waals surface area contributed by atoms with E-state index in [9.17, 15) is 26.3 Å². The lowest BCUT2D eigenvalue weighted by Gasteiger charge is -2.02. The van der Waals surface area contributed by atoms with Gasteiger partial charge in [-0.05, 0) is 42.9 Å². The second-order valence-electron chi connectivity index (χ2n) is 7.67. The molecule has 2 N–H and O–H groups in total. The zero-order valence-corrected chi connectivity index (χ0v) is 21.3. The van der Waals surface area contributed by atoms with Crippen LogP contribution in [0.5, 0.6) is 0 Å². The molecule has 4 heterocycles. The Morgan fingerprint density at radius 1 is 0.590 bits per heavy atom. The van der Waals surface area contributed by atoms with E-state index < -0.39 is 24.0 Å². The van der Waals surface area contributed by atoms with Crippen molar-refractivity contribution in [2.24, 2.45) is 0 Å². The first-order chi connectivity index (χ1) is 18.4. The maximum absolute atomic E-state index is 12.2. The van der Waals surface area contributed by atoms with Gasteiger partial charge >= 0.3 is 12.4 Å². The van der Waals surface area contributed by atoms with E-state index in [4.69, 9.17) is 0 Å². The molecule has 204 valence electrons. The summed E-state index contributed by atoms with van der Waals surface area (Å²) in [6, 6.07) is 20.3. The first kappa shape index (κ1) is 29.4. The minimum absolute atomic E-state index is 0.00271. The lowest BCUT2D eigenvalue weighted by molar-refractivity contribution is -0.145. The van der Waals surface area contributed by atoms with Gasteiger partial charge in [-0.3, -0.25) is 20.2 Å². The summed E-state index contributed by atoms with van der Waals surface area (Å²) in [6.07, 6.45) is -6.15. The van der Waals surface area contributed by atoms with Crippen LogP contribution >= 0.6 is 7.92 Å². The molecule has 1 aromatic carbocycles. The Labute approximate surface area is 219 Å². The van der Waals surface area contributed by atoms with Crippen molar-refractivity contribution in [2.75, 3.05) is 13.3 Å². The largest absolute Gasteiger partial charge is 0.453 e. The molecule has 4 aromatic heterocycles. The molecule has 39 heavy (non-hydrogen) atoms. The summed E-state index contributed by atoms with van der Waals surface area (Å²) in [5.74, 6) is -2.38. The molecule has 0 aliphatic carbocycles. The molecule has 5 aromatic rings. The predicted octanol–water partition coefficient (Wildman–Crippen LogP) is 5.82. The smallest absolute Gasteiger partial charge is 0.257 e. The summed E-state index contributed by atoms with van der Waals surface area (Å²) < 4.78 is 72.9. The Kier molecular flexibility index (Phi) is 9.83. The van der Waals surface area contributed by atoms with E-state index in [2.05, 4.69) is 84.0 Å². The maximum atomic E-state index is 12.2. The normalized spacial score (nSPS) is 11.3. The third-order valence-corrected chi connectivity index (χ3v) is 5.90. The van der Waals surface area contributed by atoms with E-state index in [-0.39, 0.29) is 19.6 Å². The number of nitrogens with zero attached hydrogens (tertiary/aromatic N) is 6. The number of rotatable bonds is 3. The highest BCUT2D eigenvalue weighted by Gasteiger charge is 2.37. The van der Waals surface area contributed by atoms with E-state index in [0.29, 0.717) is 11.4 Å². The first-order valence-electron chi connectivity index (χ1n) is 11.0. The molecule has 0 bridgehead atoms. The van der Waals surface area contributed by atoms with Gasteiger partial charge in [0.1, 0.15) is 11.4 Å². The molecule has 5 rings (SSSR count). The van der Waals surface area contributed by atoms with Gasteiger partial charge in [-0.1, -0.05) is 50.4 Å². The fraction of sp³-hybridized carbons (Fsp3) is 0.167. The van der Waals surface area contributed by atoms with Gasteiger partial charge < -0.3 is 0 Å². The van der Waals surface area contributed by atoms with Crippen LogP contribution in [0, 0.1) is 0 Å². The number of alkyl halides is 6. The van der Waals surface area contributed by atoms with Crippen LogP contribution in [0.3, 0.4) is 0 Å². The monoisotopic (exact) mass is 566 g/mol. The highest BCUT2D eigenvalue weighted by Crippen LogP contribution is 2.28. The van der Waals surface area contributed by atoms with Crippen molar-refractivity contribution in [3.63, 3.8) is 0 Å². The number of hydrogen-bond acceptors (Lipinski definition) is 6. The minimum atomic E-state index is -4.54. The van der Waals surface area contributed by atoms with Crippen LogP contribution in [0.15, 0.2) is 79.1 Å². The summed E-state index contributed by atoms with van der Waals surface area (Å²) >= 11 is 0. The van der Waals surface area contributed by atoms with Gasteiger partial charge in [0, 0.05) is 12.4 Å². The fourth-order valence-corrected chi connectivity index (χ4v) is 3.51. The number of pyridine rings is 2. The van der Waals surface area contributed by atoms with E-state index in [1.807, 2.05) is 0 Å². The van der Waals surface area contributed by atoms with Gasteiger partial charge in [-0.25, -0.2) is 9.97 Å². The zero-order valence-electron chi connectivity index (χ0n) is 20.4. The van der Waals surface area contributed by atoms with Gasteiger partial charge in [0.25, 0.3) is 11.6 Å². The summed E-state index contributed by atoms with van der Waals surface area (Å²) in [6.45, 7) is 4.54. The second kappa shape index (κ2) is 13.1. The van der Waals surface area contributed by atoms with Gasteiger partial charge in [-0.2, -0.15) is 26.3 Å². The molecule has 0 atom stereocenters. The molecule has 0 unspecified atom stereocenters. The number of H-pyrrole nitrogens is 2. The molecule has 0 spiro atoms. The molecule has 0 amide bonds. The molecule has 0 aliphatic heterocycles. The van der Waals surface area contributed by atoms with Crippen molar-refractivity contribution < 1.29 is 26.3 Å². The van der Waals surface area contributed by atoms with E-state index in [1.54, 1.807) is 36.4 Å². The number of hydrogen-bond donors (Lipinski definition) is 2. The van der Waals surface area contributed by atoms with Crippen LogP contribution in [0.4, 0.5) is 26.3 Å². The number of benzene rings is 1. The second-order valence-corrected chi connectivity index (χ2v) is 9.98. The highest BCUT2D eigenvalue weighted by molar-refractivity contribution is 7.64. The Morgan fingerprint density at radius 2 is 1.00 bits per heavy atom. The van der Waals surface area contributed by atoms with Crippen molar-refractivity contribution in [2.45, 2.75) is 12.4 Å². The Hall–Kier alpha value is -4.19. The van der Waals surface area contributed by atoms with Gasteiger partial charge in [0.15, 0.2) is 11.6 Å². The van der Waals surface area contributed by atoms with E-state index >= 15 is 0 Å². The number of nitrogens with one attached hydrogen (secondary N) is 2. The minimum Gasteiger partial charge on any atom is -0.257 e. The van der Waals surface area contributed by atoms with Gasteiger partial charge in [-0.15, -0.1) is 10.2 Å². The van der Waals surface area contributed by atoms with Crippen molar-refractivity contribution in [1.29, 1.82) is 0 Å². The predicted molar refractivity (Wildman–Crippen MR) is 134 cm³/mol. The van der Waals surface area contributed by atoms with Crippen molar-refractivity contribution >= 4 is 13.2 Å². The molecule has 0 saturated heterocycles. The highest BCUT2D eigenvalue weighted by atomic mass is 31.1. The molecular weight excluding hydrogens is 545 g/mol. The third-order valence-electron chi connectivity index (χ3n) is 4.57. The molecular formula is C24H21F6N8P. The summed E-state index contributed by atoms with van der Waals surface area (Å²) in [5.41, 5.74) is 0.640. The Morgan fingerprint density at radius 3 is 1.28 bits per heavy atom. The van der Waals surface area contributed by atoms with Crippen LogP contribution in [0.1, 0.15) is 11.6 Å². The molecule has 0 fully saturated rings. The molecule has 15 heteroatoms. The quantitative estimate of drug-likeness (QED) is 0.210. The fourth-order valence-electron chi connectivity index (χ4n) is 2.74. The number of halogens is 6. The average molecular weight is 566 g/mol. The van der Waals surface area contributed by atoms with Crippen LogP contribution in [0.2, 0.25) is 0 Å². The van der Waals surface area contributed by atoms with Crippen LogP contribution in [-0.4, -0.2) is 53.7 Å². The van der Waals surface area contributed by atoms with E-state index in [1.165, 1.54) is 17.7 Å². The molecule has 0 radical (unpaired) electrons. The summed E-state index contributed by atoms with van der Waals surface area (Å²) in [4.78, 5) is 14.3. The topological polar surface area (TPSA) is 109 Å². The van der Waals surface area contributed by atoms with Crippen LogP contribution in [-0.2, 0) is 12.4 Å². The molecule has 0 saturated carbocycles. The van der Waals surface area contributed by atoms with Gasteiger partial charge in [0.2, 0.25) is 0 Å². The number of aromatic amines is 2. The molecule has 8 nitrogen and oxygen atoms in total. The SMILES string of the molecule is CP(C)c1ccccc1.FC(F)(F)c1n[nH]c(-c2ccccn2)n1.FC(F)(F)c1n[nH]c(-c2ccccn2)n1. The standard InChI is InChI=1S/2C8H5F3N4.C8H11P/c2*9-8(10,11)7-13-6(14-15-7)5-3-1-2-4-12-5;1-9(2)8-6-4-3-5-7-8/h2*1-4H,(H,13,14,15);3-7H,1-2H3.